The van der Waals surface area contributed by atoms with Crippen LogP contribution in [0, 0.1) is 0 Å². The fourth-order valence-electron chi connectivity index (χ4n) is 1.60. The summed E-state index contributed by atoms with van der Waals surface area (Å²) in [7, 11) is 0. The molecule has 19 heavy (non-hydrogen) atoms. The zero-order valence-corrected chi connectivity index (χ0v) is 11.0. The highest BCUT2D eigenvalue weighted by atomic mass is 35.5. The number of benzene rings is 1. The molecular formula is C14H12ClNO3. The summed E-state index contributed by atoms with van der Waals surface area (Å²) in [6.45, 7) is 1.99. The molecule has 0 aliphatic carbocycles. The molecule has 1 aromatic carbocycles. The first-order valence-electron chi connectivity index (χ1n) is 5.75. The Labute approximate surface area is 115 Å². The third-order valence-corrected chi connectivity index (χ3v) is 2.97. The van der Waals surface area contributed by atoms with Gasteiger partial charge in [0.05, 0.1) is 5.56 Å². The number of hydrogen-bond donors (Lipinski definition) is 1. The van der Waals surface area contributed by atoms with Gasteiger partial charge in [0.2, 0.25) is 5.88 Å². The van der Waals surface area contributed by atoms with Crippen molar-refractivity contribution in [2.45, 2.75) is 13.3 Å². The number of nitrogens with zero attached hydrogens (tertiary/aromatic N) is 1. The van der Waals surface area contributed by atoms with Crippen molar-refractivity contribution in [1.82, 2.24) is 4.98 Å². The Morgan fingerprint density at radius 1 is 1.37 bits per heavy atom. The van der Waals surface area contributed by atoms with E-state index in [-0.39, 0.29) is 11.4 Å². The monoisotopic (exact) mass is 277 g/mol. The molecule has 5 heteroatoms. The maximum atomic E-state index is 10.8. The average molecular weight is 278 g/mol. The normalized spacial score (nSPS) is 10.2. The number of aryl methyl sites for hydroxylation is 1. The van der Waals surface area contributed by atoms with E-state index in [1.54, 1.807) is 12.1 Å². The van der Waals surface area contributed by atoms with E-state index in [4.69, 9.17) is 21.4 Å². The Bertz CT molecular complexity index is 613. The number of aromatic nitrogens is 1. The zero-order chi connectivity index (χ0) is 13.8. The highest BCUT2D eigenvalue weighted by Crippen LogP contribution is 2.26. The van der Waals surface area contributed by atoms with E-state index in [0.717, 1.165) is 12.0 Å². The van der Waals surface area contributed by atoms with E-state index in [1.807, 2.05) is 13.0 Å². The van der Waals surface area contributed by atoms with Crippen LogP contribution in [0.2, 0.25) is 5.02 Å². The van der Waals surface area contributed by atoms with Crippen LogP contribution in [0.1, 0.15) is 22.8 Å². The lowest BCUT2D eigenvalue weighted by Gasteiger charge is -2.07. The van der Waals surface area contributed by atoms with Gasteiger partial charge in [-0.25, -0.2) is 9.78 Å². The van der Waals surface area contributed by atoms with Crippen molar-refractivity contribution in [3.05, 3.63) is 52.7 Å². The summed E-state index contributed by atoms with van der Waals surface area (Å²) in [5.41, 5.74) is 1.10. The van der Waals surface area contributed by atoms with Gasteiger partial charge < -0.3 is 9.84 Å². The lowest BCUT2D eigenvalue weighted by atomic mass is 10.1. The number of carbonyl (C=O) groups is 1. The SMILES string of the molecule is CCc1cc(Oc2cc(C(=O)O)ccn2)ccc1Cl. The summed E-state index contributed by atoms with van der Waals surface area (Å²) in [4.78, 5) is 14.8. The summed E-state index contributed by atoms with van der Waals surface area (Å²) < 4.78 is 5.53. The molecule has 0 atom stereocenters. The first-order valence-corrected chi connectivity index (χ1v) is 6.13. The van der Waals surface area contributed by atoms with Crippen LogP contribution in [-0.4, -0.2) is 16.1 Å². The topological polar surface area (TPSA) is 59.4 Å². The lowest BCUT2D eigenvalue weighted by molar-refractivity contribution is 0.0696. The van der Waals surface area contributed by atoms with Gasteiger partial charge in [-0.2, -0.15) is 0 Å². The van der Waals surface area contributed by atoms with Gasteiger partial charge in [0.15, 0.2) is 0 Å². The number of ether oxygens (including phenoxy) is 1. The minimum Gasteiger partial charge on any atom is -0.478 e. The van der Waals surface area contributed by atoms with Crippen LogP contribution >= 0.6 is 11.6 Å². The molecule has 4 nitrogen and oxygen atoms in total. The molecule has 98 valence electrons. The van der Waals surface area contributed by atoms with Gasteiger partial charge in [0.1, 0.15) is 5.75 Å². The lowest BCUT2D eigenvalue weighted by Crippen LogP contribution is -1.97. The van der Waals surface area contributed by atoms with Crippen molar-refractivity contribution >= 4 is 17.6 Å². The molecule has 0 aliphatic heterocycles. The second-order valence-corrected chi connectivity index (χ2v) is 4.30. The van der Waals surface area contributed by atoms with Gasteiger partial charge in [0, 0.05) is 17.3 Å². The van der Waals surface area contributed by atoms with Crippen LogP contribution in [0.25, 0.3) is 0 Å². The summed E-state index contributed by atoms with van der Waals surface area (Å²) >= 11 is 6.02. The van der Waals surface area contributed by atoms with Crippen LogP contribution < -0.4 is 4.74 Å². The molecule has 0 radical (unpaired) electrons. The molecule has 1 aromatic heterocycles. The van der Waals surface area contributed by atoms with Gasteiger partial charge in [-0.3, -0.25) is 0 Å². The van der Waals surface area contributed by atoms with Crippen molar-refractivity contribution in [2.75, 3.05) is 0 Å². The Morgan fingerprint density at radius 2 is 2.16 bits per heavy atom. The summed E-state index contributed by atoms with van der Waals surface area (Å²) in [5.74, 6) is -0.196. The third kappa shape index (κ3) is 3.23. The number of carboxylic acid groups (broad SMARTS) is 1. The van der Waals surface area contributed by atoms with E-state index in [2.05, 4.69) is 4.98 Å². The van der Waals surface area contributed by atoms with E-state index in [1.165, 1.54) is 18.3 Å². The molecule has 1 N–H and O–H groups in total. The van der Waals surface area contributed by atoms with Crippen LogP contribution in [0.4, 0.5) is 0 Å². The van der Waals surface area contributed by atoms with Gasteiger partial charge in [-0.15, -0.1) is 0 Å². The standard InChI is InChI=1S/C14H12ClNO3/c1-2-9-7-11(3-4-12(9)15)19-13-8-10(14(17)18)5-6-16-13/h3-8H,2H2,1H3,(H,17,18). The van der Waals surface area contributed by atoms with Crippen LogP contribution in [0.3, 0.4) is 0 Å². The number of halogens is 1. The van der Waals surface area contributed by atoms with E-state index in [0.29, 0.717) is 10.8 Å². The quantitative estimate of drug-likeness (QED) is 0.924. The summed E-state index contributed by atoms with van der Waals surface area (Å²) in [6.07, 6.45) is 2.19. The highest BCUT2D eigenvalue weighted by Gasteiger charge is 2.07. The van der Waals surface area contributed by atoms with Crippen molar-refractivity contribution in [3.8, 4) is 11.6 Å². The van der Waals surface area contributed by atoms with Crippen molar-refractivity contribution < 1.29 is 14.6 Å². The first kappa shape index (κ1) is 13.4. The van der Waals surface area contributed by atoms with Gasteiger partial charge >= 0.3 is 5.97 Å². The Morgan fingerprint density at radius 3 is 2.84 bits per heavy atom. The Hall–Kier alpha value is -2.07. The van der Waals surface area contributed by atoms with Gasteiger partial charge in [0.25, 0.3) is 0 Å². The summed E-state index contributed by atoms with van der Waals surface area (Å²) in [6, 6.07) is 8.07. The number of aromatic carboxylic acids is 1. The van der Waals surface area contributed by atoms with E-state index < -0.39 is 5.97 Å². The smallest absolute Gasteiger partial charge is 0.335 e. The second-order valence-electron chi connectivity index (χ2n) is 3.90. The van der Waals surface area contributed by atoms with Crippen LogP contribution in [0.5, 0.6) is 11.6 Å². The molecule has 0 spiro atoms. The molecule has 0 aliphatic rings. The van der Waals surface area contributed by atoms with E-state index >= 15 is 0 Å². The van der Waals surface area contributed by atoms with Crippen molar-refractivity contribution in [1.29, 1.82) is 0 Å². The Kier molecular flexibility index (Phi) is 4.02. The first-order chi connectivity index (χ1) is 9.10. The zero-order valence-electron chi connectivity index (χ0n) is 10.3. The minimum atomic E-state index is -1.02. The number of carboxylic acids is 1. The molecule has 0 bridgehead atoms. The molecule has 0 saturated carbocycles. The van der Waals surface area contributed by atoms with Crippen LogP contribution in [-0.2, 0) is 6.42 Å². The highest BCUT2D eigenvalue weighted by molar-refractivity contribution is 6.31. The number of pyridine rings is 1. The van der Waals surface area contributed by atoms with Crippen molar-refractivity contribution in [2.24, 2.45) is 0 Å². The van der Waals surface area contributed by atoms with Gasteiger partial charge in [-0.05, 0) is 36.2 Å². The predicted molar refractivity (Wildman–Crippen MR) is 72.1 cm³/mol. The molecular weight excluding hydrogens is 266 g/mol. The maximum absolute atomic E-state index is 10.8. The van der Waals surface area contributed by atoms with E-state index in [9.17, 15) is 4.79 Å². The molecule has 1 heterocycles. The minimum absolute atomic E-state index is 0.134. The average Bonchev–Trinajstić information content (AvgIpc) is 2.41. The largest absolute Gasteiger partial charge is 0.478 e. The maximum Gasteiger partial charge on any atom is 0.335 e. The predicted octanol–water partition coefficient (Wildman–Crippen LogP) is 3.79. The second kappa shape index (κ2) is 5.71. The Balaban J connectivity index is 2.26. The molecule has 0 saturated heterocycles. The van der Waals surface area contributed by atoms with Crippen molar-refractivity contribution in [3.63, 3.8) is 0 Å². The molecule has 2 rings (SSSR count). The van der Waals surface area contributed by atoms with Gasteiger partial charge in [-0.1, -0.05) is 18.5 Å². The fraction of sp³-hybridized carbons (Fsp3) is 0.143. The third-order valence-electron chi connectivity index (χ3n) is 2.60. The fourth-order valence-corrected chi connectivity index (χ4v) is 1.86. The molecule has 2 aromatic rings. The summed E-state index contributed by atoms with van der Waals surface area (Å²) in [5, 5.41) is 9.58. The molecule has 0 unspecified atom stereocenters. The van der Waals surface area contributed by atoms with Crippen LogP contribution in [0.15, 0.2) is 36.5 Å². The molecule has 0 amide bonds. The number of rotatable bonds is 4. The molecule has 0 fully saturated rings. The number of hydrogen-bond acceptors (Lipinski definition) is 3.